The van der Waals surface area contributed by atoms with Gasteiger partial charge < -0.3 is 10.4 Å². The number of anilines is 1. The van der Waals surface area contributed by atoms with E-state index < -0.39 is 23.5 Å². The molecular weight excluding hydrogens is 320 g/mol. The first-order chi connectivity index (χ1) is 9.47. The first-order valence-corrected chi connectivity index (χ1v) is 6.85. The number of nitrogens with one attached hydrogen (secondary N) is 1. The second-order valence-electron chi connectivity index (χ2n) is 4.77. The Kier molecular flexibility index (Phi) is 3.86. The molecule has 1 aromatic carbocycles. The molecule has 0 saturated heterocycles. The fraction of sp³-hybridized carbons (Fsp3) is 0.500. The van der Waals surface area contributed by atoms with Gasteiger partial charge in [0, 0.05) is 27.9 Å². The van der Waals surface area contributed by atoms with E-state index in [1.807, 2.05) is 6.92 Å². The monoisotopic (exact) mass is 331 g/mol. The highest BCUT2D eigenvalue weighted by Crippen LogP contribution is 2.51. The highest BCUT2D eigenvalue weighted by atomic mass is 32.2. The summed E-state index contributed by atoms with van der Waals surface area (Å²) in [6, 6.07) is 2.55. The molecule has 2 nitrogen and oxygen atoms in total. The molecule has 0 amide bonds. The van der Waals surface area contributed by atoms with E-state index in [1.165, 1.54) is 0 Å². The van der Waals surface area contributed by atoms with Crippen LogP contribution in [-0.2, 0) is 5.60 Å². The molecule has 1 aromatic rings. The van der Waals surface area contributed by atoms with Crippen LogP contribution in [0.5, 0.6) is 0 Å². The lowest BCUT2D eigenvalue weighted by Crippen LogP contribution is -2.53. The number of thioether (sulfide) groups is 1. The topological polar surface area (TPSA) is 32.3 Å². The van der Waals surface area contributed by atoms with E-state index in [2.05, 4.69) is 5.32 Å². The van der Waals surface area contributed by atoms with Crippen molar-refractivity contribution in [1.29, 1.82) is 0 Å². The Labute approximate surface area is 120 Å². The zero-order chi connectivity index (χ0) is 16.1. The van der Waals surface area contributed by atoms with E-state index >= 15 is 0 Å². The maximum atomic E-state index is 12.8. The van der Waals surface area contributed by atoms with E-state index in [9.17, 15) is 31.4 Å². The average molecular weight is 331 g/mol. The molecule has 1 aliphatic rings. The molecule has 0 radical (unpaired) electrons. The van der Waals surface area contributed by atoms with Crippen LogP contribution in [-0.4, -0.2) is 29.3 Å². The molecule has 2 rings (SSSR count). The zero-order valence-electron chi connectivity index (χ0n) is 10.6. The number of rotatable bonds is 1. The quantitative estimate of drug-likeness (QED) is 0.766. The van der Waals surface area contributed by atoms with Crippen molar-refractivity contribution in [1.82, 2.24) is 0 Å². The lowest BCUT2D eigenvalue weighted by molar-refractivity contribution is -0.376. The molecular formula is C12H11F6NOS. The third-order valence-corrected chi connectivity index (χ3v) is 4.43. The second kappa shape index (κ2) is 4.98. The Morgan fingerprint density at radius 1 is 1.14 bits per heavy atom. The van der Waals surface area contributed by atoms with Gasteiger partial charge in [-0.1, -0.05) is 6.07 Å². The summed E-state index contributed by atoms with van der Waals surface area (Å²) in [7, 11) is 0. The average Bonchev–Trinajstić information content (AvgIpc) is 2.34. The van der Waals surface area contributed by atoms with Crippen LogP contribution >= 0.6 is 11.8 Å². The Morgan fingerprint density at radius 2 is 1.71 bits per heavy atom. The Hall–Kier alpha value is -1.09. The second-order valence-corrected chi connectivity index (χ2v) is 5.84. The van der Waals surface area contributed by atoms with E-state index in [1.54, 1.807) is 0 Å². The molecule has 2 N–H and O–H groups in total. The van der Waals surface area contributed by atoms with Crippen molar-refractivity contribution in [2.24, 2.45) is 0 Å². The third-order valence-electron chi connectivity index (χ3n) is 3.11. The van der Waals surface area contributed by atoms with Crippen molar-refractivity contribution < 1.29 is 31.4 Å². The van der Waals surface area contributed by atoms with Crippen molar-refractivity contribution in [2.75, 3.05) is 11.1 Å². The molecule has 21 heavy (non-hydrogen) atoms. The fourth-order valence-corrected chi connectivity index (χ4v) is 3.00. The molecule has 9 heteroatoms. The van der Waals surface area contributed by atoms with Crippen molar-refractivity contribution in [3.05, 3.63) is 23.8 Å². The van der Waals surface area contributed by atoms with E-state index in [0.29, 0.717) is 17.5 Å². The van der Waals surface area contributed by atoms with Gasteiger partial charge >= 0.3 is 12.4 Å². The summed E-state index contributed by atoms with van der Waals surface area (Å²) in [4.78, 5) is 0.248. The van der Waals surface area contributed by atoms with Gasteiger partial charge in [-0.15, -0.1) is 11.8 Å². The summed E-state index contributed by atoms with van der Waals surface area (Å²) in [6.45, 7) is 1.84. The minimum atomic E-state index is -5.86. The Bertz CT molecular complexity index is 528. The first kappa shape index (κ1) is 16.3. The molecule has 0 aromatic heterocycles. The number of aliphatic hydroxyl groups is 1. The van der Waals surface area contributed by atoms with Crippen LogP contribution in [0.25, 0.3) is 0 Å². The van der Waals surface area contributed by atoms with Gasteiger partial charge in [0.25, 0.3) is 5.60 Å². The van der Waals surface area contributed by atoms with Crippen molar-refractivity contribution in [3.8, 4) is 0 Å². The largest absolute Gasteiger partial charge is 0.430 e. The summed E-state index contributed by atoms with van der Waals surface area (Å²) in [5.74, 6) is 0.507. The summed E-state index contributed by atoms with van der Waals surface area (Å²) in [5, 5.41) is 12.3. The summed E-state index contributed by atoms with van der Waals surface area (Å²) in [6.07, 6.45) is -11.7. The van der Waals surface area contributed by atoms with Crippen LogP contribution in [0.1, 0.15) is 12.5 Å². The lowest BCUT2D eigenvalue weighted by atomic mass is 9.92. The van der Waals surface area contributed by atoms with Crippen LogP contribution < -0.4 is 5.32 Å². The maximum absolute atomic E-state index is 12.8. The molecule has 1 unspecified atom stereocenters. The minimum absolute atomic E-state index is 0.0532. The van der Waals surface area contributed by atoms with Crippen molar-refractivity contribution in [3.63, 3.8) is 0 Å². The molecule has 1 aliphatic heterocycles. The lowest BCUT2D eigenvalue weighted by Gasteiger charge is -2.33. The minimum Gasteiger partial charge on any atom is -0.381 e. The SMILES string of the molecule is CC1CSc2cc(C(O)(C(F)(F)F)C(F)(F)F)ccc2N1. The van der Waals surface area contributed by atoms with Gasteiger partial charge in [-0.05, 0) is 19.1 Å². The van der Waals surface area contributed by atoms with Gasteiger partial charge in [0.1, 0.15) is 0 Å². The molecule has 1 heterocycles. The van der Waals surface area contributed by atoms with E-state index in [4.69, 9.17) is 0 Å². The van der Waals surface area contributed by atoms with Gasteiger partial charge in [-0.2, -0.15) is 26.3 Å². The molecule has 0 spiro atoms. The highest BCUT2D eigenvalue weighted by Gasteiger charge is 2.71. The van der Waals surface area contributed by atoms with Gasteiger partial charge in [-0.25, -0.2) is 0 Å². The molecule has 1 atom stereocenters. The van der Waals surface area contributed by atoms with Crippen LogP contribution in [0.3, 0.4) is 0 Å². The van der Waals surface area contributed by atoms with Crippen LogP contribution in [0.2, 0.25) is 0 Å². The number of hydrogen-bond donors (Lipinski definition) is 2. The van der Waals surface area contributed by atoms with Crippen molar-refractivity contribution >= 4 is 17.4 Å². The molecule has 118 valence electrons. The summed E-state index contributed by atoms with van der Waals surface area (Å²) < 4.78 is 76.7. The number of fused-ring (bicyclic) bond motifs is 1. The summed E-state index contributed by atoms with van der Waals surface area (Å²) >= 11 is 1.14. The van der Waals surface area contributed by atoms with Crippen LogP contribution in [0.4, 0.5) is 32.0 Å². The molecule has 0 fully saturated rings. The maximum Gasteiger partial charge on any atom is 0.430 e. The predicted molar refractivity (Wildman–Crippen MR) is 66.3 cm³/mol. The molecule has 0 aliphatic carbocycles. The zero-order valence-corrected chi connectivity index (χ0v) is 11.5. The first-order valence-electron chi connectivity index (χ1n) is 5.86. The van der Waals surface area contributed by atoms with Gasteiger partial charge in [-0.3, -0.25) is 0 Å². The van der Waals surface area contributed by atoms with Crippen LogP contribution in [0.15, 0.2) is 23.1 Å². The van der Waals surface area contributed by atoms with Crippen molar-refractivity contribution in [2.45, 2.75) is 35.8 Å². The molecule has 0 bridgehead atoms. The standard InChI is InChI=1S/C12H11F6NOS/c1-6-5-21-9-4-7(2-3-8(9)19-6)10(20,11(13,14)15)12(16,17)18/h2-4,6,19-20H,5H2,1H3. The third kappa shape index (κ3) is 2.68. The predicted octanol–water partition coefficient (Wildman–Crippen LogP) is 3.90. The number of hydrogen-bond acceptors (Lipinski definition) is 3. The van der Waals surface area contributed by atoms with Gasteiger partial charge in [0.15, 0.2) is 0 Å². The number of alkyl halides is 6. The number of benzene rings is 1. The Morgan fingerprint density at radius 3 is 2.24 bits per heavy atom. The van der Waals surface area contributed by atoms with E-state index in [-0.39, 0.29) is 10.9 Å². The molecule has 0 saturated carbocycles. The Balaban J connectivity index is 2.53. The van der Waals surface area contributed by atoms with Crippen LogP contribution in [0, 0.1) is 0 Å². The van der Waals surface area contributed by atoms with Gasteiger partial charge in [0.2, 0.25) is 0 Å². The summed E-state index contributed by atoms with van der Waals surface area (Å²) in [5.41, 5.74) is -5.65. The van der Waals surface area contributed by atoms with E-state index in [0.717, 1.165) is 23.9 Å². The normalized spacial score (nSPS) is 19.9. The number of halogens is 6. The highest BCUT2D eigenvalue weighted by molar-refractivity contribution is 7.99. The van der Waals surface area contributed by atoms with Gasteiger partial charge in [0.05, 0.1) is 0 Å². The fourth-order valence-electron chi connectivity index (χ4n) is 2.00. The smallest absolute Gasteiger partial charge is 0.381 e.